The Morgan fingerprint density at radius 3 is 1.10 bits per heavy atom. The molecule has 0 saturated heterocycles. The summed E-state index contributed by atoms with van der Waals surface area (Å²) < 4.78 is 19.6. The number of carbonyl (C=O) groups excluding carboxylic acids is 1. The van der Waals surface area contributed by atoms with Crippen molar-refractivity contribution in [1.82, 2.24) is 0 Å². The van der Waals surface area contributed by atoms with Crippen LogP contribution in [0, 0.1) is 17.7 Å². The molecule has 100 heavy (non-hydrogen) atoms. The van der Waals surface area contributed by atoms with Gasteiger partial charge in [0, 0.05) is 16.7 Å². The topological polar surface area (TPSA) is 250 Å². The van der Waals surface area contributed by atoms with E-state index >= 15 is 0 Å². The van der Waals surface area contributed by atoms with E-state index < -0.39 is 65.3 Å². The van der Waals surface area contributed by atoms with Crippen LogP contribution in [0.15, 0.2) is 261 Å². The molecule has 0 radical (unpaired) electrons. The van der Waals surface area contributed by atoms with E-state index in [4.69, 9.17) is 35.4 Å². The fraction of sp³-hybridized carbons (Fsp3) is 0.212. The lowest BCUT2D eigenvalue weighted by molar-refractivity contribution is -0.139. The van der Waals surface area contributed by atoms with E-state index in [2.05, 4.69) is 27.7 Å². The molecule has 0 aliphatic carbocycles. The van der Waals surface area contributed by atoms with Crippen LogP contribution in [0.1, 0.15) is 139 Å². The Morgan fingerprint density at radius 1 is 0.320 bits per heavy atom. The number of carboxylic acid groups (broad SMARTS) is 6. The van der Waals surface area contributed by atoms with Crippen molar-refractivity contribution in [2.75, 3.05) is 0 Å². The second-order valence-electron chi connectivity index (χ2n) is 24.6. The molecule has 0 heterocycles. The summed E-state index contributed by atoms with van der Waals surface area (Å²) >= 11 is 0. The minimum atomic E-state index is -0.957. The molecule has 0 aromatic heterocycles. The number of ketones is 1. The van der Waals surface area contributed by atoms with Crippen molar-refractivity contribution in [1.29, 1.82) is 0 Å². The third-order valence-electron chi connectivity index (χ3n) is 15.6. The van der Waals surface area contributed by atoms with Crippen molar-refractivity contribution >= 4 is 41.6 Å². The second-order valence-corrected chi connectivity index (χ2v) is 24.6. The van der Waals surface area contributed by atoms with Gasteiger partial charge in [0.15, 0.2) is 5.78 Å². The molecule has 4 unspecified atom stereocenters. The number of carbonyl (C=O) groups is 7. The van der Waals surface area contributed by atoms with E-state index in [9.17, 15) is 38.0 Å². The molecule has 0 spiro atoms. The SMILES string of the molecule is CC(C(=O)O)c1ccc(-c2ccccc2)c(F)c1.CC(C(=O)O)c1cccc(C(=O)c2ccccc2)c1.CC(C(=O)O)c1cccc(Oc2ccccc2)c1.CC(C)Cc1ccc(C(C)C(=O)O)cc1.CC(C)Cc1ccc(CC(=O)O)cc1.O=C(O)Cc1ccc(-c2ccccc2)cc1. The monoisotopic (exact) mass is 1350 g/mol. The molecule has 0 bridgehead atoms. The maximum Gasteiger partial charge on any atom is 0.310 e. The molecule has 0 aliphatic rings. The van der Waals surface area contributed by atoms with Gasteiger partial charge in [0.05, 0.1) is 36.5 Å². The van der Waals surface area contributed by atoms with E-state index in [1.165, 1.54) is 17.2 Å². The van der Waals surface area contributed by atoms with Crippen molar-refractivity contribution in [3.8, 4) is 33.8 Å². The molecule has 14 nitrogen and oxygen atoms in total. The lowest BCUT2D eigenvalue weighted by Crippen LogP contribution is -2.09. The molecule has 10 aromatic carbocycles. The number of aliphatic carboxylic acids is 6. The van der Waals surface area contributed by atoms with Crippen molar-refractivity contribution < 1.29 is 73.3 Å². The third kappa shape index (κ3) is 27.5. The summed E-state index contributed by atoms with van der Waals surface area (Å²) in [4.78, 5) is 76.7. The van der Waals surface area contributed by atoms with Gasteiger partial charge in [-0.1, -0.05) is 252 Å². The number of halogens is 1. The van der Waals surface area contributed by atoms with Crippen LogP contribution in [-0.4, -0.2) is 72.2 Å². The summed E-state index contributed by atoms with van der Waals surface area (Å²) in [5, 5.41) is 52.9. The van der Waals surface area contributed by atoms with Gasteiger partial charge in [-0.25, -0.2) is 4.39 Å². The number of benzene rings is 10. The Bertz CT molecular complexity index is 4200. The maximum absolute atomic E-state index is 14.0. The molecule has 10 rings (SSSR count). The molecule has 0 fully saturated rings. The van der Waals surface area contributed by atoms with Crippen molar-refractivity contribution in [3.63, 3.8) is 0 Å². The molecule has 4 atom stereocenters. The van der Waals surface area contributed by atoms with Crippen molar-refractivity contribution in [2.24, 2.45) is 11.8 Å². The van der Waals surface area contributed by atoms with Crippen LogP contribution in [0.4, 0.5) is 4.39 Å². The van der Waals surface area contributed by atoms with Gasteiger partial charge in [0.2, 0.25) is 0 Å². The molecular formula is C85H87FO14. The highest BCUT2D eigenvalue weighted by Gasteiger charge is 2.19. The smallest absolute Gasteiger partial charge is 0.310 e. The van der Waals surface area contributed by atoms with Crippen molar-refractivity contribution in [3.05, 3.63) is 322 Å². The summed E-state index contributed by atoms with van der Waals surface area (Å²) in [6.45, 7) is 15.2. The summed E-state index contributed by atoms with van der Waals surface area (Å²) in [5.41, 5.74) is 11.6. The first-order valence-corrected chi connectivity index (χ1v) is 32.7. The van der Waals surface area contributed by atoms with Gasteiger partial charge in [0.25, 0.3) is 0 Å². The molecule has 0 amide bonds. The quantitative estimate of drug-likeness (QED) is 0.0346. The van der Waals surface area contributed by atoms with Gasteiger partial charge in [0.1, 0.15) is 17.3 Å². The summed E-state index contributed by atoms with van der Waals surface area (Å²) in [6.07, 6.45) is 2.28. The first kappa shape index (κ1) is 79.1. The Labute approximate surface area is 584 Å². The first-order chi connectivity index (χ1) is 47.7. The molecule has 518 valence electrons. The van der Waals surface area contributed by atoms with Crippen LogP contribution in [0.3, 0.4) is 0 Å². The average molecular weight is 1350 g/mol. The fourth-order valence-electron chi connectivity index (χ4n) is 9.87. The normalized spacial score (nSPS) is 11.6. The summed E-state index contributed by atoms with van der Waals surface area (Å²) in [7, 11) is 0. The molecule has 10 aromatic rings. The summed E-state index contributed by atoms with van der Waals surface area (Å²) in [5.74, 6) is -5.17. The Kier molecular flexibility index (Phi) is 32.3. The van der Waals surface area contributed by atoms with Crippen LogP contribution in [-0.2, 0) is 54.5 Å². The van der Waals surface area contributed by atoms with Crippen LogP contribution < -0.4 is 4.74 Å². The van der Waals surface area contributed by atoms with E-state index in [-0.39, 0.29) is 18.6 Å². The number of carboxylic acids is 6. The summed E-state index contributed by atoms with van der Waals surface area (Å²) in [6, 6.07) is 79.3. The minimum Gasteiger partial charge on any atom is -0.481 e. The highest BCUT2D eigenvalue weighted by atomic mass is 19.1. The largest absolute Gasteiger partial charge is 0.481 e. The van der Waals surface area contributed by atoms with Crippen LogP contribution in [0.25, 0.3) is 22.3 Å². The van der Waals surface area contributed by atoms with Gasteiger partial charge < -0.3 is 35.4 Å². The number of hydrogen-bond donors (Lipinski definition) is 6. The molecule has 6 N–H and O–H groups in total. The average Bonchev–Trinajstić information content (AvgIpc) is 0.839. The zero-order valence-corrected chi connectivity index (χ0v) is 57.4. The highest BCUT2D eigenvalue weighted by Crippen LogP contribution is 2.29. The van der Waals surface area contributed by atoms with E-state index in [1.54, 1.807) is 107 Å². The van der Waals surface area contributed by atoms with Gasteiger partial charge in [-0.3, -0.25) is 33.6 Å². The van der Waals surface area contributed by atoms with Crippen LogP contribution in [0.5, 0.6) is 11.5 Å². The molecule has 15 heteroatoms. The van der Waals surface area contributed by atoms with Gasteiger partial charge in [-0.2, -0.15) is 0 Å². The van der Waals surface area contributed by atoms with Gasteiger partial charge >= 0.3 is 35.8 Å². The number of rotatable bonds is 22. The predicted molar refractivity (Wildman–Crippen MR) is 390 cm³/mol. The molecular weight excluding hydrogens is 1260 g/mol. The number of ether oxygens (including phenoxy) is 1. The zero-order valence-electron chi connectivity index (χ0n) is 57.4. The van der Waals surface area contributed by atoms with Crippen LogP contribution >= 0.6 is 0 Å². The van der Waals surface area contributed by atoms with E-state index in [0.717, 1.165) is 57.5 Å². The lowest BCUT2D eigenvalue weighted by Gasteiger charge is -2.10. The second kappa shape index (κ2) is 40.9. The fourth-order valence-corrected chi connectivity index (χ4v) is 9.87. The van der Waals surface area contributed by atoms with Gasteiger partial charge in [-0.15, -0.1) is 0 Å². The standard InChI is InChI=1S/C16H14O3.C15H13FO2.C15H14O3.C14H12O2.C13H18O2.C12H16O2/c1-11(16(18)19)13-8-5-9-14(10-13)15(17)12-6-3-2-4-7-12;1-10(15(17)18)12-7-8-13(14(16)9-12)11-5-3-2-4-6-11;1-11(15(16)17)12-6-5-9-14(10-12)18-13-7-3-2-4-8-13;15-14(16)10-11-6-8-13(9-7-11)12-4-2-1-3-5-12;1-9(2)8-11-4-6-12(7-5-11)10(3)13(14)15;1-9(2)7-10-3-5-11(6-4-10)8-12(13)14/h2-11H,1H3,(H,18,19);2-10H,1H3,(H,17,18);2-11H,1H3,(H,16,17);1-9H,10H2,(H,15,16);4-7,9-10H,8H2,1-3H3,(H,14,15);3-6,9H,7-8H2,1-2H3,(H,13,14). The molecule has 0 saturated carbocycles. The van der Waals surface area contributed by atoms with Crippen LogP contribution in [0.2, 0.25) is 0 Å². The molecule has 0 aliphatic heterocycles. The lowest BCUT2D eigenvalue weighted by atomic mass is 9.96. The Hall–Kier alpha value is -11.6. The van der Waals surface area contributed by atoms with E-state index in [0.29, 0.717) is 45.4 Å². The zero-order chi connectivity index (χ0) is 73.3. The predicted octanol–water partition coefficient (Wildman–Crippen LogP) is 19.0. The third-order valence-corrected chi connectivity index (χ3v) is 15.6. The highest BCUT2D eigenvalue weighted by molar-refractivity contribution is 6.09. The first-order valence-electron chi connectivity index (χ1n) is 32.7. The van der Waals surface area contributed by atoms with Gasteiger partial charge in [-0.05, 0) is 150 Å². The minimum absolute atomic E-state index is 0.0784. The number of para-hydroxylation sites is 1. The van der Waals surface area contributed by atoms with Crippen molar-refractivity contribution in [2.45, 2.75) is 105 Å². The number of hydrogen-bond acceptors (Lipinski definition) is 8. The maximum atomic E-state index is 14.0. The van der Waals surface area contributed by atoms with E-state index in [1.807, 2.05) is 176 Å². The Morgan fingerprint density at radius 2 is 0.660 bits per heavy atom. The Balaban J connectivity index is 0.000000217.